The molecule has 0 spiro atoms. The van der Waals surface area contributed by atoms with Crippen LogP contribution < -0.4 is 10.4 Å². The standard InChI is InChI=1S/C23H31NO7/c1-5-14-9-12(2)8-13(3)20(14)21-16(25)6-7-24(22(21)28)31-19-11-18(27)17(26)10-15(19)23(29)30-4/h5-7,10,12-14,17-20,25-27H,1,8-9,11H2,2-4H3/t12-,13+,14-,17+,18-,19-,20-/m1/s1. The van der Waals surface area contributed by atoms with Gasteiger partial charge in [-0.05, 0) is 36.7 Å². The third-order valence-electron chi connectivity index (χ3n) is 6.44. The Labute approximate surface area is 181 Å². The SMILES string of the molecule is C=C[C@@H]1C[C@H](C)C[C@H](C)[C@H]1c1c(O)ccn(O[C@@H]2C[C@@H](O)[C@@H](O)C=C2C(=O)OC)c1=O. The second-order valence-electron chi connectivity index (χ2n) is 8.73. The van der Waals surface area contributed by atoms with Crippen molar-refractivity contribution in [3.63, 3.8) is 0 Å². The second-order valence-corrected chi connectivity index (χ2v) is 8.73. The number of allylic oxidation sites excluding steroid dienone is 1. The Kier molecular flexibility index (Phi) is 6.91. The van der Waals surface area contributed by atoms with Gasteiger partial charge in [-0.25, -0.2) is 4.79 Å². The number of aromatic hydroxyl groups is 1. The molecule has 7 atom stereocenters. The first-order chi connectivity index (χ1) is 14.7. The molecule has 2 aliphatic rings. The van der Waals surface area contributed by atoms with Gasteiger partial charge < -0.3 is 24.9 Å². The van der Waals surface area contributed by atoms with E-state index in [0.29, 0.717) is 5.92 Å². The molecule has 1 heterocycles. The largest absolute Gasteiger partial charge is 0.507 e. The normalized spacial score (nSPS) is 33.3. The minimum atomic E-state index is -1.24. The molecule has 0 aromatic carbocycles. The molecule has 1 saturated carbocycles. The van der Waals surface area contributed by atoms with E-state index in [9.17, 15) is 24.9 Å². The topological polar surface area (TPSA) is 118 Å². The van der Waals surface area contributed by atoms with E-state index in [1.807, 2.05) is 6.08 Å². The van der Waals surface area contributed by atoms with Crippen molar-refractivity contribution in [2.24, 2.45) is 17.8 Å². The highest BCUT2D eigenvalue weighted by molar-refractivity contribution is 5.89. The van der Waals surface area contributed by atoms with E-state index in [-0.39, 0.29) is 41.1 Å². The van der Waals surface area contributed by atoms with Gasteiger partial charge in [-0.15, -0.1) is 6.58 Å². The molecule has 0 radical (unpaired) electrons. The van der Waals surface area contributed by atoms with Crippen molar-refractivity contribution in [1.82, 2.24) is 4.73 Å². The zero-order valence-electron chi connectivity index (χ0n) is 18.1. The second kappa shape index (κ2) is 9.28. The average molecular weight is 434 g/mol. The molecular formula is C23H31NO7. The fraction of sp³-hybridized carbons (Fsp3) is 0.565. The van der Waals surface area contributed by atoms with Crippen LogP contribution in [0.2, 0.25) is 0 Å². The first-order valence-electron chi connectivity index (χ1n) is 10.6. The summed E-state index contributed by atoms with van der Waals surface area (Å²) in [6.07, 6.45) is 2.60. The van der Waals surface area contributed by atoms with Crippen molar-refractivity contribution in [3.8, 4) is 5.75 Å². The van der Waals surface area contributed by atoms with Crippen LogP contribution in [0.3, 0.4) is 0 Å². The lowest BCUT2D eigenvalue weighted by Crippen LogP contribution is -2.45. The third kappa shape index (κ3) is 4.55. The van der Waals surface area contributed by atoms with Crippen LogP contribution in [0, 0.1) is 17.8 Å². The molecule has 3 rings (SSSR count). The van der Waals surface area contributed by atoms with Gasteiger partial charge in [-0.3, -0.25) is 4.79 Å². The highest BCUT2D eigenvalue weighted by Gasteiger charge is 2.38. The molecule has 3 N–H and O–H groups in total. The zero-order valence-corrected chi connectivity index (χ0v) is 18.1. The number of aliphatic hydroxyl groups is 2. The van der Waals surface area contributed by atoms with Crippen molar-refractivity contribution in [3.05, 3.63) is 52.5 Å². The highest BCUT2D eigenvalue weighted by atomic mass is 16.7. The summed E-state index contributed by atoms with van der Waals surface area (Å²) < 4.78 is 5.72. The van der Waals surface area contributed by atoms with Crippen molar-refractivity contribution in [2.75, 3.05) is 7.11 Å². The number of pyridine rings is 1. The Morgan fingerprint density at radius 2 is 1.97 bits per heavy atom. The lowest BCUT2D eigenvalue weighted by Gasteiger charge is -2.38. The van der Waals surface area contributed by atoms with Gasteiger partial charge in [-0.2, -0.15) is 4.73 Å². The Balaban J connectivity index is 1.99. The van der Waals surface area contributed by atoms with E-state index < -0.39 is 29.8 Å². The predicted octanol–water partition coefficient (Wildman–Crippen LogP) is 1.53. The number of methoxy groups -OCH3 is 1. The quantitative estimate of drug-likeness (QED) is 0.476. The third-order valence-corrected chi connectivity index (χ3v) is 6.44. The molecule has 1 aromatic heterocycles. The van der Waals surface area contributed by atoms with Crippen molar-refractivity contribution in [1.29, 1.82) is 0 Å². The highest BCUT2D eigenvalue weighted by Crippen LogP contribution is 2.45. The number of aromatic nitrogens is 1. The van der Waals surface area contributed by atoms with Gasteiger partial charge in [0.25, 0.3) is 5.56 Å². The van der Waals surface area contributed by atoms with Crippen LogP contribution in [0.15, 0.2) is 41.4 Å². The van der Waals surface area contributed by atoms with E-state index >= 15 is 0 Å². The van der Waals surface area contributed by atoms with E-state index in [4.69, 9.17) is 9.57 Å². The number of ether oxygens (including phenoxy) is 1. The molecule has 0 unspecified atom stereocenters. The average Bonchev–Trinajstić information content (AvgIpc) is 2.72. The van der Waals surface area contributed by atoms with Crippen molar-refractivity contribution >= 4 is 5.97 Å². The summed E-state index contributed by atoms with van der Waals surface area (Å²) in [7, 11) is 1.20. The van der Waals surface area contributed by atoms with Crippen LogP contribution >= 0.6 is 0 Å². The summed E-state index contributed by atoms with van der Waals surface area (Å²) in [6.45, 7) is 8.15. The summed E-state index contributed by atoms with van der Waals surface area (Å²) in [5, 5.41) is 30.5. The summed E-state index contributed by atoms with van der Waals surface area (Å²) in [5.74, 6) is -0.368. The van der Waals surface area contributed by atoms with Crippen LogP contribution in [0.5, 0.6) is 5.75 Å². The number of rotatable bonds is 5. The van der Waals surface area contributed by atoms with Gasteiger partial charge in [0, 0.05) is 18.4 Å². The van der Waals surface area contributed by atoms with Crippen LogP contribution in [-0.2, 0) is 9.53 Å². The molecule has 0 amide bonds. The Morgan fingerprint density at radius 3 is 2.61 bits per heavy atom. The van der Waals surface area contributed by atoms with Gasteiger partial charge in [-0.1, -0.05) is 19.9 Å². The smallest absolute Gasteiger partial charge is 0.337 e. The van der Waals surface area contributed by atoms with E-state index in [2.05, 4.69) is 20.4 Å². The fourth-order valence-corrected chi connectivity index (χ4v) is 5.01. The molecule has 8 heteroatoms. The number of carbonyl (C=O) groups is 1. The van der Waals surface area contributed by atoms with Gasteiger partial charge in [0.05, 0.1) is 36.7 Å². The van der Waals surface area contributed by atoms with Crippen molar-refractivity contribution in [2.45, 2.75) is 57.3 Å². The molecule has 1 fully saturated rings. The van der Waals surface area contributed by atoms with E-state index in [1.165, 1.54) is 25.4 Å². The number of carbonyl (C=O) groups excluding carboxylic acids is 1. The molecule has 0 aliphatic heterocycles. The molecule has 0 bridgehead atoms. The molecular weight excluding hydrogens is 402 g/mol. The zero-order chi connectivity index (χ0) is 22.9. The molecule has 31 heavy (non-hydrogen) atoms. The van der Waals surface area contributed by atoms with Crippen molar-refractivity contribution < 1.29 is 29.7 Å². The summed E-state index contributed by atoms with van der Waals surface area (Å²) in [5.41, 5.74) is -0.250. The Morgan fingerprint density at radius 1 is 1.26 bits per heavy atom. The first-order valence-corrected chi connectivity index (χ1v) is 10.6. The molecule has 170 valence electrons. The van der Waals surface area contributed by atoms with Crippen LogP contribution in [0.4, 0.5) is 0 Å². The van der Waals surface area contributed by atoms with E-state index in [0.717, 1.165) is 17.6 Å². The molecule has 2 aliphatic carbocycles. The number of aliphatic hydroxyl groups excluding tert-OH is 2. The van der Waals surface area contributed by atoms with Crippen LogP contribution in [-0.4, -0.2) is 51.4 Å². The van der Waals surface area contributed by atoms with Crippen LogP contribution in [0.1, 0.15) is 44.6 Å². The van der Waals surface area contributed by atoms with Gasteiger partial charge in [0.1, 0.15) is 5.75 Å². The maximum Gasteiger partial charge on any atom is 0.337 e. The molecule has 1 aromatic rings. The van der Waals surface area contributed by atoms with Gasteiger partial charge >= 0.3 is 5.97 Å². The number of hydrogen-bond donors (Lipinski definition) is 3. The number of esters is 1. The number of nitrogens with zero attached hydrogens (tertiary/aromatic N) is 1. The molecule has 8 nitrogen and oxygen atoms in total. The van der Waals surface area contributed by atoms with Gasteiger partial charge in [0.2, 0.25) is 0 Å². The monoisotopic (exact) mass is 433 g/mol. The Bertz CT molecular complexity index is 921. The summed E-state index contributed by atoms with van der Waals surface area (Å²) in [6, 6.07) is 1.39. The summed E-state index contributed by atoms with van der Waals surface area (Å²) in [4.78, 5) is 31.2. The molecule has 0 saturated heterocycles. The number of hydrogen-bond acceptors (Lipinski definition) is 7. The first kappa shape index (κ1) is 23.1. The lowest BCUT2D eigenvalue weighted by atomic mass is 9.66. The van der Waals surface area contributed by atoms with Gasteiger partial charge in [0.15, 0.2) is 6.10 Å². The predicted molar refractivity (Wildman–Crippen MR) is 113 cm³/mol. The minimum Gasteiger partial charge on any atom is -0.507 e. The maximum absolute atomic E-state index is 13.3. The maximum atomic E-state index is 13.3. The minimum absolute atomic E-state index is 0.0191. The lowest BCUT2D eigenvalue weighted by molar-refractivity contribution is -0.139. The Hall–Kier alpha value is -2.58. The van der Waals surface area contributed by atoms with Crippen LogP contribution in [0.25, 0.3) is 0 Å². The van der Waals surface area contributed by atoms with E-state index in [1.54, 1.807) is 0 Å². The summed E-state index contributed by atoms with van der Waals surface area (Å²) >= 11 is 0. The fourth-order valence-electron chi connectivity index (χ4n) is 5.01.